The number of aliphatic imine (C=N–C) groups is 1. The fourth-order valence-corrected chi connectivity index (χ4v) is 2.99. The Bertz CT molecular complexity index is 776. The predicted octanol–water partition coefficient (Wildman–Crippen LogP) is 3.05. The fourth-order valence-electron chi connectivity index (χ4n) is 2.99. The van der Waals surface area contributed by atoms with Gasteiger partial charge in [-0.1, -0.05) is 55.8 Å². The summed E-state index contributed by atoms with van der Waals surface area (Å²) < 4.78 is 0. The van der Waals surface area contributed by atoms with Crippen molar-refractivity contribution >= 4 is 11.9 Å². The van der Waals surface area contributed by atoms with Gasteiger partial charge in [0.15, 0.2) is 5.96 Å². The van der Waals surface area contributed by atoms with Gasteiger partial charge < -0.3 is 21.1 Å². The highest BCUT2D eigenvalue weighted by Crippen LogP contribution is 2.13. The van der Waals surface area contributed by atoms with Crippen molar-refractivity contribution in [2.75, 3.05) is 26.2 Å². The van der Waals surface area contributed by atoms with Crippen LogP contribution in [0.2, 0.25) is 0 Å². The lowest BCUT2D eigenvalue weighted by molar-refractivity contribution is 0.0953. The molecule has 6 heteroatoms. The van der Waals surface area contributed by atoms with Crippen LogP contribution < -0.4 is 16.0 Å². The van der Waals surface area contributed by atoms with Crippen molar-refractivity contribution in [2.24, 2.45) is 4.99 Å². The molecule has 0 aliphatic rings. The largest absolute Gasteiger partial charge is 0.396 e. The predicted molar refractivity (Wildman–Crippen MR) is 123 cm³/mol. The molecule has 1 unspecified atom stereocenters. The molecule has 1 atom stereocenters. The number of aliphatic hydroxyl groups is 1. The maximum atomic E-state index is 12.1. The SMILES string of the molecule is CCCCNC(=O)c1ccc(CN=C(NCC)NCC(CO)c2ccccc2)cc1. The second kappa shape index (κ2) is 13.4. The third kappa shape index (κ3) is 7.87. The molecule has 0 saturated carbocycles. The molecule has 0 spiro atoms. The zero-order chi connectivity index (χ0) is 21.6. The number of carbonyl (C=O) groups is 1. The standard InChI is InChI=1S/C24H34N4O2/c1-3-5-15-26-23(30)21-13-11-19(12-14-21)16-27-24(25-4-2)28-17-22(18-29)20-9-7-6-8-10-20/h6-14,22,29H,3-5,15-18H2,1-2H3,(H,26,30)(H2,25,27,28). The minimum Gasteiger partial charge on any atom is -0.396 e. The second-order valence-corrected chi connectivity index (χ2v) is 7.17. The molecule has 0 saturated heterocycles. The van der Waals surface area contributed by atoms with Crippen LogP contribution in [0.15, 0.2) is 59.6 Å². The molecule has 1 amide bonds. The van der Waals surface area contributed by atoms with E-state index >= 15 is 0 Å². The van der Waals surface area contributed by atoms with Crippen LogP contribution in [-0.4, -0.2) is 43.2 Å². The number of carbonyl (C=O) groups excluding carboxylic acids is 1. The van der Waals surface area contributed by atoms with E-state index in [-0.39, 0.29) is 18.4 Å². The average Bonchev–Trinajstić information content (AvgIpc) is 2.79. The third-order valence-electron chi connectivity index (χ3n) is 4.80. The van der Waals surface area contributed by atoms with Crippen LogP contribution in [0.4, 0.5) is 0 Å². The summed E-state index contributed by atoms with van der Waals surface area (Å²) in [5.41, 5.74) is 2.78. The molecular weight excluding hydrogens is 376 g/mol. The molecule has 0 heterocycles. The summed E-state index contributed by atoms with van der Waals surface area (Å²) in [6.07, 6.45) is 2.05. The van der Waals surface area contributed by atoms with E-state index in [9.17, 15) is 9.90 Å². The molecule has 0 bridgehead atoms. The summed E-state index contributed by atoms with van der Waals surface area (Å²) in [4.78, 5) is 16.7. The van der Waals surface area contributed by atoms with Gasteiger partial charge >= 0.3 is 0 Å². The van der Waals surface area contributed by atoms with E-state index in [0.717, 1.165) is 30.5 Å². The van der Waals surface area contributed by atoms with Gasteiger partial charge in [-0.25, -0.2) is 4.99 Å². The van der Waals surface area contributed by atoms with Crippen molar-refractivity contribution in [1.82, 2.24) is 16.0 Å². The molecular formula is C24H34N4O2. The van der Waals surface area contributed by atoms with Crippen LogP contribution in [0.25, 0.3) is 0 Å². The van der Waals surface area contributed by atoms with Gasteiger partial charge in [0.05, 0.1) is 13.2 Å². The molecule has 30 heavy (non-hydrogen) atoms. The highest BCUT2D eigenvalue weighted by Gasteiger charge is 2.11. The number of aliphatic hydroxyl groups excluding tert-OH is 1. The highest BCUT2D eigenvalue weighted by molar-refractivity contribution is 5.94. The molecule has 2 aromatic rings. The molecule has 6 nitrogen and oxygen atoms in total. The monoisotopic (exact) mass is 410 g/mol. The number of nitrogens with one attached hydrogen (secondary N) is 3. The smallest absolute Gasteiger partial charge is 0.251 e. The number of hydrogen-bond acceptors (Lipinski definition) is 3. The lowest BCUT2D eigenvalue weighted by atomic mass is 10.0. The Hall–Kier alpha value is -2.86. The summed E-state index contributed by atoms with van der Waals surface area (Å²) in [6, 6.07) is 17.5. The zero-order valence-corrected chi connectivity index (χ0v) is 18.0. The molecule has 4 N–H and O–H groups in total. The van der Waals surface area contributed by atoms with Crippen molar-refractivity contribution in [3.63, 3.8) is 0 Å². The van der Waals surface area contributed by atoms with Gasteiger partial charge in [-0.05, 0) is 36.6 Å². The van der Waals surface area contributed by atoms with Crippen LogP contribution in [0.3, 0.4) is 0 Å². The molecule has 2 rings (SSSR count). The van der Waals surface area contributed by atoms with E-state index < -0.39 is 0 Å². The maximum absolute atomic E-state index is 12.1. The minimum atomic E-state index is -0.0375. The highest BCUT2D eigenvalue weighted by atomic mass is 16.3. The van der Waals surface area contributed by atoms with Gasteiger partial charge in [-0.2, -0.15) is 0 Å². The number of guanidine groups is 1. The van der Waals surface area contributed by atoms with E-state index in [2.05, 4.69) is 27.9 Å². The fraction of sp³-hybridized carbons (Fsp3) is 0.417. The van der Waals surface area contributed by atoms with Crippen molar-refractivity contribution in [3.8, 4) is 0 Å². The van der Waals surface area contributed by atoms with Crippen molar-refractivity contribution in [2.45, 2.75) is 39.2 Å². The first-order valence-corrected chi connectivity index (χ1v) is 10.7. The Morgan fingerprint density at radius 2 is 1.73 bits per heavy atom. The van der Waals surface area contributed by atoms with Crippen LogP contribution >= 0.6 is 0 Å². The van der Waals surface area contributed by atoms with Crippen LogP contribution in [0.5, 0.6) is 0 Å². The third-order valence-corrected chi connectivity index (χ3v) is 4.80. The summed E-state index contributed by atoms with van der Waals surface area (Å²) >= 11 is 0. The Morgan fingerprint density at radius 1 is 1.00 bits per heavy atom. The van der Waals surface area contributed by atoms with Crippen molar-refractivity contribution < 1.29 is 9.90 Å². The molecule has 0 aliphatic heterocycles. The van der Waals surface area contributed by atoms with E-state index in [0.29, 0.717) is 31.2 Å². The van der Waals surface area contributed by atoms with E-state index in [1.165, 1.54) is 0 Å². The van der Waals surface area contributed by atoms with E-state index in [1.807, 2.05) is 61.5 Å². The number of amides is 1. The van der Waals surface area contributed by atoms with Gasteiger partial charge in [0.2, 0.25) is 0 Å². The summed E-state index contributed by atoms with van der Waals surface area (Å²) in [6.45, 7) is 6.73. The van der Waals surface area contributed by atoms with Gasteiger partial charge in [0.25, 0.3) is 5.91 Å². The zero-order valence-electron chi connectivity index (χ0n) is 18.0. The lowest BCUT2D eigenvalue weighted by Gasteiger charge is -2.18. The van der Waals surface area contributed by atoms with Crippen molar-refractivity contribution in [1.29, 1.82) is 0 Å². The number of nitrogens with zero attached hydrogens (tertiary/aromatic N) is 1. The van der Waals surface area contributed by atoms with Crippen LogP contribution in [0.1, 0.15) is 54.1 Å². The van der Waals surface area contributed by atoms with Gasteiger partial charge in [0, 0.05) is 31.1 Å². The first-order chi connectivity index (χ1) is 14.7. The second-order valence-electron chi connectivity index (χ2n) is 7.17. The summed E-state index contributed by atoms with van der Waals surface area (Å²) in [7, 11) is 0. The normalized spacial score (nSPS) is 12.3. The molecule has 0 radical (unpaired) electrons. The quantitative estimate of drug-likeness (QED) is 0.261. The van der Waals surface area contributed by atoms with E-state index in [4.69, 9.17) is 0 Å². The van der Waals surface area contributed by atoms with Gasteiger partial charge in [-0.3, -0.25) is 4.79 Å². The van der Waals surface area contributed by atoms with Crippen LogP contribution in [-0.2, 0) is 6.54 Å². The van der Waals surface area contributed by atoms with E-state index in [1.54, 1.807) is 0 Å². The van der Waals surface area contributed by atoms with Crippen molar-refractivity contribution in [3.05, 3.63) is 71.3 Å². The number of rotatable bonds is 11. The number of benzene rings is 2. The molecule has 0 fully saturated rings. The molecule has 2 aromatic carbocycles. The van der Waals surface area contributed by atoms with Crippen LogP contribution in [0, 0.1) is 0 Å². The first-order valence-electron chi connectivity index (χ1n) is 10.7. The summed E-state index contributed by atoms with van der Waals surface area (Å²) in [5.74, 6) is 0.665. The Labute approximate surface area is 179 Å². The Balaban J connectivity index is 1.92. The molecule has 162 valence electrons. The molecule has 0 aromatic heterocycles. The number of unbranched alkanes of at least 4 members (excludes halogenated alkanes) is 1. The maximum Gasteiger partial charge on any atom is 0.251 e. The topological polar surface area (TPSA) is 85.8 Å². The Morgan fingerprint density at radius 3 is 2.37 bits per heavy atom. The molecule has 0 aliphatic carbocycles. The Kier molecular flexibility index (Phi) is 10.4. The minimum absolute atomic E-state index is 0.000519. The first kappa shape index (κ1) is 23.4. The van der Waals surface area contributed by atoms with Gasteiger partial charge in [-0.15, -0.1) is 0 Å². The van der Waals surface area contributed by atoms with Gasteiger partial charge in [0.1, 0.15) is 0 Å². The average molecular weight is 411 g/mol. The summed E-state index contributed by atoms with van der Waals surface area (Å²) in [5, 5.41) is 19.2. The number of hydrogen-bond donors (Lipinski definition) is 4. The lowest BCUT2D eigenvalue weighted by Crippen LogP contribution is -2.39.